The predicted octanol–water partition coefficient (Wildman–Crippen LogP) is 2.35. The molecule has 5 heteroatoms. The molecule has 1 heterocycles. The fraction of sp³-hybridized carbons (Fsp3) is 0.562. The number of hydrogen-bond acceptors (Lipinski definition) is 3. The van der Waals surface area contributed by atoms with Crippen LogP contribution in [0.4, 0.5) is 0 Å². The molecule has 116 valence electrons. The first-order valence-electron chi connectivity index (χ1n) is 7.53. The second-order valence-electron chi connectivity index (χ2n) is 5.36. The summed E-state index contributed by atoms with van der Waals surface area (Å²) in [7, 11) is 0. The van der Waals surface area contributed by atoms with Crippen molar-refractivity contribution in [2.75, 3.05) is 26.2 Å². The fourth-order valence-corrected chi connectivity index (χ4v) is 2.95. The van der Waals surface area contributed by atoms with Crippen LogP contribution in [0, 0.1) is 0 Å². The minimum atomic E-state index is 0.197. The molecule has 1 saturated heterocycles. The molecule has 0 unspecified atom stereocenters. The van der Waals surface area contributed by atoms with Gasteiger partial charge in [0, 0.05) is 24.2 Å². The molecule has 0 saturated carbocycles. The zero-order valence-electron chi connectivity index (χ0n) is 12.3. The zero-order chi connectivity index (χ0) is 15.1. The Morgan fingerprint density at radius 2 is 2.05 bits per heavy atom. The fourth-order valence-electron chi connectivity index (χ4n) is 2.52. The largest absolute Gasteiger partial charge is 0.378 e. The summed E-state index contributed by atoms with van der Waals surface area (Å²) in [6, 6.07) is 7.89. The molecule has 0 aromatic heterocycles. The van der Waals surface area contributed by atoms with Crippen molar-refractivity contribution in [3.63, 3.8) is 0 Å². The van der Waals surface area contributed by atoms with E-state index in [4.69, 9.17) is 10.5 Å². The van der Waals surface area contributed by atoms with Crippen molar-refractivity contribution in [1.29, 1.82) is 0 Å². The van der Waals surface area contributed by atoms with E-state index in [2.05, 4.69) is 15.9 Å². The number of ether oxygens (including phenoxy) is 1. The zero-order valence-corrected chi connectivity index (χ0v) is 13.8. The SMILES string of the molecule is NCCCOC1CCN(C(=O)Cc2ccccc2Br)CC1. The van der Waals surface area contributed by atoms with Gasteiger partial charge in [-0.2, -0.15) is 0 Å². The normalized spacial score (nSPS) is 16.2. The molecular weight excluding hydrogens is 332 g/mol. The van der Waals surface area contributed by atoms with E-state index in [9.17, 15) is 4.79 Å². The predicted molar refractivity (Wildman–Crippen MR) is 87.1 cm³/mol. The molecular formula is C16H23BrN2O2. The molecule has 21 heavy (non-hydrogen) atoms. The third kappa shape index (κ3) is 5.09. The molecule has 0 radical (unpaired) electrons. The lowest BCUT2D eigenvalue weighted by Crippen LogP contribution is -2.41. The quantitative estimate of drug-likeness (QED) is 0.797. The number of halogens is 1. The van der Waals surface area contributed by atoms with Crippen LogP contribution in [0.2, 0.25) is 0 Å². The van der Waals surface area contributed by atoms with Gasteiger partial charge in [0.05, 0.1) is 12.5 Å². The Hall–Kier alpha value is -0.910. The molecule has 2 N–H and O–H groups in total. The highest BCUT2D eigenvalue weighted by Crippen LogP contribution is 2.19. The van der Waals surface area contributed by atoms with Crippen LogP contribution >= 0.6 is 15.9 Å². The summed E-state index contributed by atoms with van der Waals surface area (Å²) in [6.45, 7) is 2.97. The van der Waals surface area contributed by atoms with Gasteiger partial charge in [-0.25, -0.2) is 0 Å². The van der Waals surface area contributed by atoms with Crippen LogP contribution in [0.5, 0.6) is 0 Å². The number of likely N-dealkylation sites (tertiary alicyclic amines) is 1. The Labute approximate surface area is 134 Å². The standard InChI is InChI=1S/C16H23BrN2O2/c17-15-5-2-1-4-13(15)12-16(20)19-9-6-14(7-10-19)21-11-3-8-18/h1-2,4-5,14H,3,6-12,18H2. The lowest BCUT2D eigenvalue weighted by molar-refractivity contribution is -0.133. The molecule has 4 nitrogen and oxygen atoms in total. The highest BCUT2D eigenvalue weighted by Gasteiger charge is 2.23. The number of benzene rings is 1. The summed E-state index contributed by atoms with van der Waals surface area (Å²) < 4.78 is 6.76. The van der Waals surface area contributed by atoms with Gasteiger partial charge >= 0.3 is 0 Å². The number of nitrogens with two attached hydrogens (primary N) is 1. The number of rotatable bonds is 6. The maximum absolute atomic E-state index is 12.3. The Bertz CT molecular complexity index is 459. The van der Waals surface area contributed by atoms with E-state index < -0.39 is 0 Å². The Morgan fingerprint density at radius 1 is 1.33 bits per heavy atom. The smallest absolute Gasteiger partial charge is 0.227 e. The van der Waals surface area contributed by atoms with Crippen molar-refractivity contribution in [2.45, 2.75) is 31.8 Å². The molecule has 1 aliphatic heterocycles. The summed E-state index contributed by atoms with van der Waals surface area (Å²) in [5, 5.41) is 0. The van der Waals surface area contributed by atoms with Crippen molar-refractivity contribution < 1.29 is 9.53 Å². The van der Waals surface area contributed by atoms with Gasteiger partial charge in [-0.15, -0.1) is 0 Å². The van der Waals surface area contributed by atoms with E-state index in [1.165, 1.54) is 0 Å². The minimum Gasteiger partial charge on any atom is -0.378 e. The van der Waals surface area contributed by atoms with Crippen LogP contribution in [-0.4, -0.2) is 43.2 Å². The summed E-state index contributed by atoms with van der Waals surface area (Å²) in [4.78, 5) is 14.3. The van der Waals surface area contributed by atoms with Gasteiger partial charge in [-0.1, -0.05) is 34.1 Å². The maximum Gasteiger partial charge on any atom is 0.227 e. The molecule has 0 atom stereocenters. The van der Waals surface area contributed by atoms with Gasteiger partial charge in [-0.3, -0.25) is 4.79 Å². The Balaban J connectivity index is 1.77. The van der Waals surface area contributed by atoms with Crippen LogP contribution in [0.25, 0.3) is 0 Å². The molecule has 0 spiro atoms. The molecule has 1 aromatic rings. The second-order valence-corrected chi connectivity index (χ2v) is 6.22. The van der Waals surface area contributed by atoms with Gasteiger partial charge in [-0.05, 0) is 37.4 Å². The van der Waals surface area contributed by atoms with Gasteiger partial charge < -0.3 is 15.4 Å². The van der Waals surface area contributed by atoms with Crippen molar-refractivity contribution >= 4 is 21.8 Å². The third-order valence-corrected chi connectivity index (χ3v) is 4.57. The van der Waals surface area contributed by atoms with Crippen molar-refractivity contribution in [3.8, 4) is 0 Å². The Morgan fingerprint density at radius 3 is 2.71 bits per heavy atom. The summed E-state index contributed by atoms with van der Waals surface area (Å²) in [6.07, 6.45) is 3.49. The summed E-state index contributed by atoms with van der Waals surface area (Å²) in [5.41, 5.74) is 6.50. The highest BCUT2D eigenvalue weighted by atomic mass is 79.9. The van der Waals surface area contributed by atoms with Crippen molar-refractivity contribution in [1.82, 2.24) is 4.90 Å². The first-order chi connectivity index (χ1) is 10.2. The van der Waals surface area contributed by atoms with Crippen LogP contribution in [0.3, 0.4) is 0 Å². The molecule has 0 bridgehead atoms. The van der Waals surface area contributed by atoms with E-state index in [0.717, 1.165) is 49.0 Å². The van der Waals surface area contributed by atoms with Crippen molar-refractivity contribution in [2.24, 2.45) is 5.73 Å². The van der Waals surface area contributed by atoms with Gasteiger partial charge in [0.1, 0.15) is 0 Å². The molecule has 1 fully saturated rings. The minimum absolute atomic E-state index is 0.197. The van der Waals surface area contributed by atoms with Crippen LogP contribution < -0.4 is 5.73 Å². The average molecular weight is 355 g/mol. The van der Waals surface area contributed by atoms with Gasteiger partial charge in [0.25, 0.3) is 0 Å². The Kier molecular flexibility index (Phi) is 6.67. The number of nitrogens with zero attached hydrogens (tertiary/aromatic N) is 1. The summed E-state index contributed by atoms with van der Waals surface area (Å²) in [5.74, 6) is 0.197. The number of piperidine rings is 1. The lowest BCUT2D eigenvalue weighted by atomic mass is 10.1. The van der Waals surface area contributed by atoms with E-state index in [-0.39, 0.29) is 12.0 Å². The molecule has 1 aromatic carbocycles. The van der Waals surface area contributed by atoms with Gasteiger partial charge in [0.15, 0.2) is 0 Å². The van der Waals surface area contributed by atoms with Crippen LogP contribution in [0.1, 0.15) is 24.8 Å². The molecule has 1 aliphatic rings. The number of carbonyl (C=O) groups excluding carboxylic acids is 1. The highest BCUT2D eigenvalue weighted by molar-refractivity contribution is 9.10. The first-order valence-corrected chi connectivity index (χ1v) is 8.33. The van der Waals surface area contributed by atoms with E-state index in [1.54, 1.807) is 0 Å². The lowest BCUT2D eigenvalue weighted by Gasteiger charge is -2.32. The van der Waals surface area contributed by atoms with Crippen LogP contribution in [-0.2, 0) is 16.0 Å². The van der Waals surface area contributed by atoms with Crippen LogP contribution in [0.15, 0.2) is 28.7 Å². The molecule has 1 amide bonds. The average Bonchev–Trinajstić information content (AvgIpc) is 2.50. The second kappa shape index (κ2) is 8.51. The van der Waals surface area contributed by atoms with E-state index in [0.29, 0.717) is 13.0 Å². The number of amides is 1. The van der Waals surface area contributed by atoms with Gasteiger partial charge in [0.2, 0.25) is 5.91 Å². The number of carbonyl (C=O) groups is 1. The maximum atomic E-state index is 12.3. The van der Waals surface area contributed by atoms with E-state index >= 15 is 0 Å². The number of hydrogen-bond donors (Lipinski definition) is 1. The van der Waals surface area contributed by atoms with E-state index in [1.807, 2.05) is 29.2 Å². The summed E-state index contributed by atoms with van der Waals surface area (Å²) >= 11 is 3.49. The topological polar surface area (TPSA) is 55.6 Å². The monoisotopic (exact) mass is 354 g/mol. The third-order valence-electron chi connectivity index (χ3n) is 3.80. The molecule has 2 rings (SSSR count). The first kappa shape index (κ1) is 16.5. The molecule has 0 aliphatic carbocycles. The van der Waals surface area contributed by atoms with Crippen molar-refractivity contribution in [3.05, 3.63) is 34.3 Å².